The maximum Gasteiger partial charge on any atom is 0.306 e. The zero-order chi connectivity index (χ0) is 21.3. The predicted molar refractivity (Wildman–Crippen MR) is 113 cm³/mol. The lowest BCUT2D eigenvalue weighted by atomic mass is 9.83. The highest BCUT2D eigenvalue weighted by atomic mass is 32.2. The topological polar surface area (TPSA) is 72.8 Å². The normalized spacial score (nSPS) is 16.2. The molecule has 28 heavy (non-hydrogen) atoms. The summed E-state index contributed by atoms with van der Waals surface area (Å²) in [4.78, 5) is 12.5. The lowest BCUT2D eigenvalue weighted by Crippen LogP contribution is -2.28. The maximum atomic E-state index is 12.5. The van der Waals surface area contributed by atoms with Crippen molar-refractivity contribution >= 4 is 17.3 Å². The van der Waals surface area contributed by atoms with Crippen molar-refractivity contribution in [2.24, 2.45) is 11.8 Å². The summed E-state index contributed by atoms with van der Waals surface area (Å²) in [5.41, 5.74) is 1.31. The fourth-order valence-electron chi connectivity index (χ4n) is 3.35. The van der Waals surface area contributed by atoms with E-state index in [2.05, 4.69) is 13.8 Å². The van der Waals surface area contributed by atoms with Gasteiger partial charge in [-0.15, -0.1) is 0 Å². The molecule has 1 N–H and O–H groups in total. The fourth-order valence-corrected chi connectivity index (χ4v) is 3.80. The largest absolute Gasteiger partial charge is 0.460 e. The van der Waals surface area contributed by atoms with E-state index >= 15 is 0 Å². The number of ether oxygens (including phenoxy) is 1. The van der Waals surface area contributed by atoms with Gasteiger partial charge in [-0.25, -0.2) is 0 Å². The van der Waals surface area contributed by atoms with E-state index in [9.17, 15) is 13.6 Å². The van der Waals surface area contributed by atoms with Crippen molar-refractivity contribution in [2.45, 2.75) is 85.4 Å². The summed E-state index contributed by atoms with van der Waals surface area (Å²) in [6, 6.07) is 7.67. The minimum atomic E-state index is -2.43. The Bertz CT molecular complexity index is 621. The number of esters is 1. The molecule has 0 saturated heterocycles. The molecule has 0 heterocycles. The first kappa shape index (κ1) is 24.8. The molecule has 1 aromatic rings. The summed E-state index contributed by atoms with van der Waals surface area (Å²) in [6.45, 7) is 11.8. The average Bonchev–Trinajstić information content (AvgIpc) is 2.56. The van der Waals surface area contributed by atoms with Gasteiger partial charge in [0, 0.05) is 5.92 Å². The van der Waals surface area contributed by atoms with E-state index in [0.717, 1.165) is 36.8 Å². The van der Waals surface area contributed by atoms with Gasteiger partial charge in [0.1, 0.15) is 11.7 Å². The third-order valence-corrected chi connectivity index (χ3v) is 5.00. The predicted octanol–water partition coefficient (Wildman–Crippen LogP) is 5.75. The van der Waals surface area contributed by atoms with Crippen LogP contribution in [0.4, 0.5) is 0 Å². The van der Waals surface area contributed by atoms with E-state index in [4.69, 9.17) is 8.92 Å². The van der Waals surface area contributed by atoms with Crippen LogP contribution in [0.3, 0.4) is 0 Å². The number of benzene rings is 1. The van der Waals surface area contributed by atoms with Crippen LogP contribution < -0.4 is 0 Å². The number of carbonyl (C=O) groups excluding carboxylic acids is 1. The molecule has 0 amide bonds. The van der Waals surface area contributed by atoms with Crippen LogP contribution in [0.25, 0.3) is 0 Å². The van der Waals surface area contributed by atoms with Gasteiger partial charge in [0.05, 0.1) is 6.42 Å². The number of rotatable bonds is 11. The molecule has 0 fully saturated rings. The number of hydrogen-bond acceptors (Lipinski definition) is 4. The molecule has 0 aliphatic rings. The average molecular weight is 413 g/mol. The Morgan fingerprint density at radius 1 is 1.21 bits per heavy atom. The van der Waals surface area contributed by atoms with Gasteiger partial charge in [-0.05, 0) is 45.6 Å². The Kier molecular flexibility index (Phi) is 10.4. The van der Waals surface area contributed by atoms with Gasteiger partial charge in [0.2, 0.25) is 0 Å². The standard InChI is InChI=1S/C22H36O5S/c1-7-8-9-17(3)14-19(15-20(23)26-22(4,5)6)21(27-28(24)25)18-12-10-16(2)11-13-18/h10-13,17,19,21H,7-9,14-15H2,1-6H3,(H,24,25). The summed E-state index contributed by atoms with van der Waals surface area (Å²) in [5, 5.41) is 0. The molecule has 0 bridgehead atoms. The second-order valence-electron chi connectivity index (χ2n) is 8.68. The molecule has 4 unspecified atom stereocenters. The third kappa shape index (κ3) is 9.80. The molecule has 4 atom stereocenters. The van der Waals surface area contributed by atoms with Crippen molar-refractivity contribution < 1.29 is 22.5 Å². The quantitative estimate of drug-likeness (QED) is 0.370. The highest BCUT2D eigenvalue weighted by Gasteiger charge is 2.31. The molecule has 0 saturated carbocycles. The smallest absolute Gasteiger partial charge is 0.306 e. The first-order valence-electron chi connectivity index (χ1n) is 10.1. The molecule has 0 aliphatic heterocycles. The second-order valence-corrected chi connectivity index (χ2v) is 9.31. The highest BCUT2D eigenvalue weighted by molar-refractivity contribution is 7.74. The Morgan fingerprint density at radius 2 is 1.82 bits per heavy atom. The van der Waals surface area contributed by atoms with Gasteiger partial charge in [0.15, 0.2) is 0 Å². The summed E-state index contributed by atoms with van der Waals surface area (Å²) in [5.74, 6) is -0.193. The molecule has 5 nitrogen and oxygen atoms in total. The molecule has 1 aromatic carbocycles. The number of aryl methyl sites for hydroxylation is 1. The molecular formula is C22H36O5S. The van der Waals surface area contributed by atoms with Gasteiger partial charge < -0.3 is 4.74 Å². The van der Waals surface area contributed by atoms with Crippen molar-refractivity contribution in [1.82, 2.24) is 0 Å². The zero-order valence-electron chi connectivity index (χ0n) is 18.1. The van der Waals surface area contributed by atoms with Crippen LogP contribution >= 0.6 is 0 Å². The van der Waals surface area contributed by atoms with E-state index in [0.29, 0.717) is 5.92 Å². The van der Waals surface area contributed by atoms with E-state index in [-0.39, 0.29) is 18.3 Å². The van der Waals surface area contributed by atoms with Crippen molar-refractivity contribution in [2.75, 3.05) is 0 Å². The zero-order valence-corrected chi connectivity index (χ0v) is 18.9. The van der Waals surface area contributed by atoms with Gasteiger partial charge >= 0.3 is 17.3 Å². The molecule has 160 valence electrons. The Labute approximate surface area is 172 Å². The number of carbonyl (C=O) groups is 1. The van der Waals surface area contributed by atoms with Gasteiger partial charge in [0.25, 0.3) is 0 Å². The minimum absolute atomic E-state index is 0.142. The third-order valence-electron chi connectivity index (χ3n) is 4.62. The van der Waals surface area contributed by atoms with Crippen LogP contribution in [0.2, 0.25) is 0 Å². The molecule has 0 aliphatic carbocycles. The van der Waals surface area contributed by atoms with E-state index in [1.54, 1.807) is 0 Å². The monoisotopic (exact) mass is 412 g/mol. The molecule has 1 rings (SSSR count). The summed E-state index contributed by atoms with van der Waals surface area (Å²) in [7, 11) is 0. The fraction of sp³-hybridized carbons (Fsp3) is 0.682. The molecule has 0 radical (unpaired) electrons. The Balaban J connectivity index is 3.11. The van der Waals surface area contributed by atoms with Crippen LogP contribution in [0.1, 0.15) is 84.0 Å². The SMILES string of the molecule is CCCCC(C)CC(CC(=O)OC(C)(C)C)C(OS(=O)O)c1ccc(C)cc1. The van der Waals surface area contributed by atoms with Gasteiger partial charge in [-0.3, -0.25) is 13.5 Å². The molecule has 6 heteroatoms. The van der Waals surface area contributed by atoms with E-state index < -0.39 is 23.1 Å². The lowest BCUT2D eigenvalue weighted by Gasteiger charge is -2.29. The summed E-state index contributed by atoms with van der Waals surface area (Å²) < 4.78 is 31.8. The van der Waals surface area contributed by atoms with Crippen LogP contribution in [-0.4, -0.2) is 20.3 Å². The first-order valence-corrected chi connectivity index (χ1v) is 11.1. The van der Waals surface area contributed by atoms with Crippen LogP contribution in [0.15, 0.2) is 24.3 Å². The Morgan fingerprint density at radius 3 is 2.32 bits per heavy atom. The Hall–Kier alpha value is -1.24. The van der Waals surface area contributed by atoms with Crippen LogP contribution in [-0.2, 0) is 25.1 Å². The van der Waals surface area contributed by atoms with E-state index in [1.807, 2.05) is 52.0 Å². The summed E-state index contributed by atoms with van der Waals surface area (Å²) in [6.07, 6.45) is 3.48. The highest BCUT2D eigenvalue weighted by Crippen LogP contribution is 2.36. The van der Waals surface area contributed by atoms with Crippen molar-refractivity contribution in [1.29, 1.82) is 0 Å². The van der Waals surface area contributed by atoms with Gasteiger partial charge in [-0.1, -0.05) is 62.9 Å². The number of unbranched alkanes of at least 4 members (excludes halogenated alkanes) is 1. The molecule has 0 aromatic heterocycles. The minimum Gasteiger partial charge on any atom is -0.460 e. The van der Waals surface area contributed by atoms with Gasteiger partial charge in [-0.2, -0.15) is 4.21 Å². The second kappa shape index (κ2) is 11.7. The lowest BCUT2D eigenvalue weighted by molar-refractivity contribution is -0.157. The number of hydrogen-bond donors (Lipinski definition) is 1. The van der Waals surface area contributed by atoms with Crippen molar-refractivity contribution in [3.05, 3.63) is 35.4 Å². The first-order chi connectivity index (χ1) is 13.0. The van der Waals surface area contributed by atoms with Crippen molar-refractivity contribution in [3.8, 4) is 0 Å². The molecule has 0 spiro atoms. The van der Waals surface area contributed by atoms with Crippen molar-refractivity contribution in [3.63, 3.8) is 0 Å². The van der Waals surface area contributed by atoms with Crippen LogP contribution in [0, 0.1) is 18.8 Å². The maximum absolute atomic E-state index is 12.5. The molecular weight excluding hydrogens is 376 g/mol. The van der Waals surface area contributed by atoms with Crippen LogP contribution in [0.5, 0.6) is 0 Å². The van der Waals surface area contributed by atoms with E-state index in [1.165, 1.54) is 0 Å². The summed E-state index contributed by atoms with van der Waals surface area (Å²) >= 11 is -2.43.